The van der Waals surface area contributed by atoms with Crippen molar-refractivity contribution in [1.29, 1.82) is 0 Å². The molecular weight excluding hydrogens is 284 g/mol. The Balaban J connectivity index is 2.05. The van der Waals surface area contributed by atoms with Crippen molar-refractivity contribution >= 4 is 27.5 Å². The number of nitrogen functional groups attached to an aromatic ring is 1. The van der Waals surface area contributed by atoms with Crippen LogP contribution in [-0.4, -0.2) is 25.2 Å². The van der Waals surface area contributed by atoms with Crippen LogP contribution >= 0.6 is 15.9 Å². The first kappa shape index (κ1) is 12.4. The standard InChI is InChI=1S/C12H15BrN2O2/c13-8-1-2-11(14)10(7-8)12(16)15-9-3-5-17-6-4-9/h1-2,7,9H,3-6,14H2,(H,15,16). The number of nitrogens with two attached hydrogens (primary N) is 1. The van der Waals surface area contributed by atoms with E-state index in [1.165, 1.54) is 0 Å². The van der Waals surface area contributed by atoms with Gasteiger partial charge in [0.1, 0.15) is 0 Å². The summed E-state index contributed by atoms with van der Waals surface area (Å²) in [5.41, 5.74) is 6.81. The molecule has 1 saturated heterocycles. The van der Waals surface area contributed by atoms with Crippen LogP contribution in [0.1, 0.15) is 23.2 Å². The molecule has 3 N–H and O–H groups in total. The number of ether oxygens (including phenoxy) is 1. The normalized spacial score (nSPS) is 16.8. The van der Waals surface area contributed by atoms with E-state index in [-0.39, 0.29) is 11.9 Å². The summed E-state index contributed by atoms with van der Waals surface area (Å²) in [6, 6.07) is 5.47. The van der Waals surface area contributed by atoms with Gasteiger partial charge in [-0.15, -0.1) is 0 Å². The van der Waals surface area contributed by atoms with Crippen molar-refractivity contribution in [3.05, 3.63) is 28.2 Å². The quantitative estimate of drug-likeness (QED) is 0.820. The van der Waals surface area contributed by atoms with Gasteiger partial charge in [-0.05, 0) is 31.0 Å². The molecule has 1 aromatic rings. The minimum Gasteiger partial charge on any atom is -0.398 e. The number of rotatable bonds is 2. The first-order chi connectivity index (χ1) is 8.16. The first-order valence-electron chi connectivity index (χ1n) is 5.60. The van der Waals surface area contributed by atoms with Gasteiger partial charge in [0, 0.05) is 29.4 Å². The summed E-state index contributed by atoms with van der Waals surface area (Å²) in [5.74, 6) is -0.115. The number of carbonyl (C=O) groups excluding carboxylic acids is 1. The van der Waals surface area contributed by atoms with Crippen molar-refractivity contribution in [2.45, 2.75) is 18.9 Å². The second-order valence-electron chi connectivity index (χ2n) is 4.09. The lowest BCUT2D eigenvalue weighted by atomic mass is 10.1. The molecule has 0 unspecified atom stereocenters. The molecule has 1 heterocycles. The van der Waals surface area contributed by atoms with Gasteiger partial charge in [0.05, 0.1) is 5.56 Å². The fourth-order valence-corrected chi connectivity index (χ4v) is 2.19. The van der Waals surface area contributed by atoms with Crippen molar-refractivity contribution in [2.75, 3.05) is 18.9 Å². The summed E-state index contributed by atoms with van der Waals surface area (Å²) < 4.78 is 6.10. The van der Waals surface area contributed by atoms with Crippen LogP contribution in [0.2, 0.25) is 0 Å². The summed E-state index contributed by atoms with van der Waals surface area (Å²) >= 11 is 3.33. The smallest absolute Gasteiger partial charge is 0.253 e. The molecule has 1 aromatic carbocycles. The molecule has 0 atom stereocenters. The Hall–Kier alpha value is -1.07. The summed E-state index contributed by atoms with van der Waals surface area (Å²) in [6.45, 7) is 1.41. The van der Waals surface area contributed by atoms with Crippen molar-refractivity contribution in [1.82, 2.24) is 5.32 Å². The van der Waals surface area contributed by atoms with Gasteiger partial charge >= 0.3 is 0 Å². The molecule has 4 nitrogen and oxygen atoms in total. The zero-order valence-electron chi connectivity index (χ0n) is 9.41. The lowest BCUT2D eigenvalue weighted by molar-refractivity contribution is 0.0697. The Morgan fingerprint density at radius 3 is 2.82 bits per heavy atom. The van der Waals surface area contributed by atoms with Gasteiger partial charge in [-0.2, -0.15) is 0 Å². The van der Waals surface area contributed by atoms with Crippen LogP contribution in [-0.2, 0) is 4.74 Å². The maximum absolute atomic E-state index is 12.0. The fourth-order valence-electron chi connectivity index (χ4n) is 1.83. The number of nitrogens with one attached hydrogen (secondary N) is 1. The van der Waals surface area contributed by atoms with E-state index in [1.54, 1.807) is 12.1 Å². The Labute approximate surface area is 109 Å². The first-order valence-corrected chi connectivity index (χ1v) is 6.40. The molecule has 0 radical (unpaired) electrons. The number of amides is 1. The molecule has 1 amide bonds. The van der Waals surface area contributed by atoms with E-state index in [0.717, 1.165) is 17.3 Å². The van der Waals surface area contributed by atoms with Gasteiger partial charge < -0.3 is 15.8 Å². The van der Waals surface area contributed by atoms with Crippen molar-refractivity contribution in [3.63, 3.8) is 0 Å². The SMILES string of the molecule is Nc1ccc(Br)cc1C(=O)NC1CCOCC1. The highest BCUT2D eigenvalue weighted by Gasteiger charge is 2.18. The van der Waals surface area contributed by atoms with Gasteiger partial charge in [0.25, 0.3) is 5.91 Å². The summed E-state index contributed by atoms with van der Waals surface area (Å²) in [4.78, 5) is 12.0. The molecule has 1 aliphatic rings. The molecule has 0 saturated carbocycles. The maximum Gasteiger partial charge on any atom is 0.253 e. The van der Waals surface area contributed by atoms with Crippen LogP contribution in [0.25, 0.3) is 0 Å². The number of halogens is 1. The van der Waals surface area contributed by atoms with Crippen LogP contribution in [0.3, 0.4) is 0 Å². The van der Waals surface area contributed by atoms with E-state index >= 15 is 0 Å². The van der Waals surface area contributed by atoms with Gasteiger partial charge in [-0.25, -0.2) is 0 Å². The van der Waals surface area contributed by atoms with Crippen LogP contribution in [0.4, 0.5) is 5.69 Å². The third-order valence-corrected chi connectivity index (χ3v) is 3.31. The molecule has 92 valence electrons. The van der Waals surface area contributed by atoms with E-state index in [4.69, 9.17) is 10.5 Å². The predicted molar refractivity (Wildman–Crippen MR) is 69.9 cm³/mol. The molecule has 0 aromatic heterocycles. The third-order valence-electron chi connectivity index (χ3n) is 2.82. The topological polar surface area (TPSA) is 64.4 Å². The van der Waals surface area contributed by atoms with E-state index in [2.05, 4.69) is 21.2 Å². The molecule has 0 bridgehead atoms. The average Bonchev–Trinajstić information content (AvgIpc) is 2.33. The van der Waals surface area contributed by atoms with E-state index in [9.17, 15) is 4.79 Å². The monoisotopic (exact) mass is 298 g/mol. The number of hydrogen-bond donors (Lipinski definition) is 2. The van der Waals surface area contributed by atoms with Crippen LogP contribution < -0.4 is 11.1 Å². The van der Waals surface area contributed by atoms with Gasteiger partial charge in [0.2, 0.25) is 0 Å². The molecule has 0 aliphatic carbocycles. The molecule has 17 heavy (non-hydrogen) atoms. The lowest BCUT2D eigenvalue weighted by Crippen LogP contribution is -2.39. The Bertz CT molecular complexity index is 417. The third kappa shape index (κ3) is 3.20. The van der Waals surface area contributed by atoms with Crippen LogP contribution in [0.5, 0.6) is 0 Å². The van der Waals surface area contributed by atoms with Crippen LogP contribution in [0.15, 0.2) is 22.7 Å². The summed E-state index contributed by atoms with van der Waals surface area (Å²) in [6.07, 6.45) is 1.72. The zero-order chi connectivity index (χ0) is 12.3. The van der Waals surface area contributed by atoms with Crippen molar-refractivity contribution < 1.29 is 9.53 Å². The van der Waals surface area contributed by atoms with Crippen molar-refractivity contribution in [2.24, 2.45) is 0 Å². The Morgan fingerprint density at radius 2 is 2.12 bits per heavy atom. The number of carbonyl (C=O) groups is 1. The highest BCUT2D eigenvalue weighted by atomic mass is 79.9. The predicted octanol–water partition coefficient (Wildman–Crippen LogP) is 1.94. The Morgan fingerprint density at radius 1 is 1.41 bits per heavy atom. The second kappa shape index (κ2) is 5.51. The largest absolute Gasteiger partial charge is 0.398 e. The minimum absolute atomic E-state index is 0.115. The Kier molecular flexibility index (Phi) is 4.02. The summed E-state index contributed by atoms with van der Waals surface area (Å²) in [5, 5.41) is 2.98. The number of anilines is 1. The molecule has 1 aliphatic heterocycles. The highest BCUT2D eigenvalue weighted by Crippen LogP contribution is 2.19. The van der Waals surface area contributed by atoms with Crippen LogP contribution in [0, 0.1) is 0 Å². The lowest BCUT2D eigenvalue weighted by Gasteiger charge is -2.23. The van der Waals surface area contributed by atoms with E-state index in [0.29, 0.717) is 24.5 Å². The average molecular weight is 299 g/mol. The fraction of sp³-hybridized carbons (Fsp3) is 0.417. The second-order valence-corrected chi connectivity index (χ2v) is 5.01. The highest BCUT2D eigenvalue weighted by molar-refractivity contribution is 9.10. The van der Waals surface area contributed by atoms with Gasteiger partial charge in [-0.1, -0.05) is 15.9 Å². The van der Waals surface area contributed by atoms with E-state index < -0.39 is 0 Å². The molecule has 2 rings (SSSR count). The van der Waals surface area contributed by atoms with E-state index in [1.807, 2.05) is 6.07 Å². The summed E-state index contributed by atoms with van der Waals surface area (Å²) in [7, 11) is 0. The molecule has 0 spiro atoms. The molecule has 5 heteroatoms. The number of benzene rings is 1. The maximum atomic E-state index is 12.0. The van der Waals surface area contributed by atoms with Crippen molar-refractivity contribution in [3.8, 4) is 0 Å². The zero-order valence-corrected chi connectivity index (χ0v) is 11.0. The minimum atomic E-state index is -0.115. The molecule has 1 fully saturated rings. The van der Waals surface area contributed by atoms with Gasteiger partial charge in [0.15, 0.2) is 0 Å². The molecular formula is C12H15BrN2O2. The van der Waals surface area contributed by atoms with Gasteiger partial charge in [-0.3, -0.25) is 4.79 Å². The number of hydrogen-bond acceptors (Lipinski definition) is 3.